The van der Waals surface area contributed by atoms with Crippen LogP contribution in [0, 0.1) is 5.92 Å². The van der Waals surface area contributed by atoms with Gasteiger partial charge in [-0.15, -0.1) is 0 Å². The highest BCUT2D eigenvalue weighted by molar-refractivity contribution is 6.12. The van der Waals surface area contributed by atoms with Gasteiger partial charge in [0, 0.05) is 27.4 Å². The first kappa shape index (κ1) is 29.6. The Hall–Kier alpha value is -5.54. The largest absolute Gasteiger partial charge is 0.309 e. The number of rotatable bonds is 5. The molecule has 0 atom stereocenters. The third-order valence-electron chi connectivity index (χ3n) is 10.6. The summed E-state index contributed by atoms with van der Waals surface area (Å²) >= 11 is 0. The lowest BCUT2D eigenvalue weighted by Crippen LogP contribution is -2.07. The Bertz CT molecular complexity index is 2600. The van der Waals surface area contributed by atoms with Crippen LogP contribution in [0.4, 0.5) is 0 Å². The van der Waals surface area contributed by atoms with E-state index < -0.39 is 0 Å². The Morgan fingerprint density at radius 2 is 1.35 bits per heavy atom. The lowest BCUT2D eigenvalue weighted by atomic mass is 9.83. The molecule has 0 fully saturated rings. The molecule has 1 aliphatic rings. The number of aromatic nitrogens is 3. The van der Waals surface area contributed by atoms with E-state index in [1.807, 2.05) is 6.20 Å². The molecule has 0 radical (unpaired) electrons. The monoisotopic (exact) mass is 633 g/mol. The summed E-state index contributed by atoms with van der Waals surface area (Å²) < 4.78 is 2.36. The number of nitrogens with zero attached hydrogens (tertiary/aromatic N) is 3. The fourth-order valence-corrected chi connectivity index (χ4v) is 7.84. The standard InChI is InChI=1S/C46H39N3/c1-28(2)30-17-20-37-39(24-30)40-25-31(29(3)4)18-21-38(40)46-45(37)47-27-42(48-46)34-12-10-11-32(23-34)33-19-22-44-41(26-33)36-15-8-9-16-43(36)49(44)35-13-6-5-7-14-35/h5-17,19-20,22-29H,18,21H2,1-4H3. The highest BCUT2D eigenvalue weighted by Gasteiger charge is 2.22. The summed E-state index contributed by atoms with van der Waals surface area (Å²) in [5.74, 6) is 0.998. The SMILES string of the molecule is CC(C)C1=Cc2c(c3nc(-c4cccc(-c5ccc6c(c5)c5ccccc5n6-c5ccccc5)c4)cnc3c3ccc(C(C)C)cc23)CC1. The minimum Gasteiger partial charge on any atom is -0.309 e. The van der Waals surface area contributed by atoms with E-state index >= 15 is 0 Å². The second kappa shape index (κ2) is 11.6. The summed E-state index contributed by atoms with van der Waals surface area (Å²) in [7, 11) is 0. The summed E-state index contributed by atoms with van der Waals surface area (Å²) in [6.45, 7) is 9.16. The lowest BCUT2D eigenvalue weighted by molar-refractivity contribution is 0.711. The van der Waals surface area contributed by atoms with Crippen molar-refractivity contribution < 1.29 is 0 Å². The predicted molar refractivity (Wildman–Crippen MR) is 207 cm³/mol. The van der Waals surface area contributed by atoms with Crippen LogP contribution in [0.2, 0.25) is 0 Å². The van der Waals surface area contributed by atoms with Crippen molar-refractivity contribution >= 4 is 49.7 Å². The van der Waals surface area contributed by atoms with Gasteiger partial charge in [0.2, 0.25) is 0 Å². The van der Waals surface area contributed by atoms with Crippen LogP contribution >= 0.6 is 0 Å². The predicted octanol–water partition coefficient (Wildman–Crippen LogP) is 12.3. The molecular weight excluding hydrogens is 595 g/mol. The molecule has 3 nitrogen and oxygen atoms in total. The molecule has 1 aliphatic carbocycles. The van der Waals surface area contributed by atoms with Gasteiger partial charge in [-0.25, -0.2) is 4.98 Å². The zero-order valence-electron chi connectivity index (χ0n) is 28.5. The number of aryl methyl sites for hydroxylation is 1. The highest BCUT2D eigenvalue weighted by Crippen LogP contribution is 2.40. The smallest absolute Gasteiger partial charge is 0.0968 e. The van der Waals surface area contributed by atoms with E-state index in [1.165, 1.54) is 71.7 Å². The maximum Gasteiger partial charge on any atom is 0.0968 e. The fraction of sp³-hybridized carbons (Fsp3) is 0.174. The summed E-state index contributed by atoms with van der Waals surface area (Å²) in [4.78, 5) is 10.5. The minimum absolute atomic E-state index is 0.469. The van der Waals surface area contributed by atoms with Gasteiger partial charge in [0.1, 0.15) is 0 Å². The molecule has 2 aromatic heterocycles. The zero-order chi connectivity index (χ0) is 33.2. The van der Waals surface area contributed by atoms with Gasteiger partial charge in [0.25, 0.3) is 0 Å². The van der Waals surface area contributed by atoms with Crippen molar-refractivity contribution in [3.05, 3.63) is 144 Å². The number of para-hydroxylation sites is 2. The number of hydrogen-bond acceptors (Lipinski definition) is 2. The molecule has 6 aromatic carbocycles. The Morgan fingerprint density at radius 1 is 0.571 bits per heavy atom. The number of fused-ring (bicyclic) bond motifs is 9. The van der Waals surface area contributed by atoms with Gasteiger partial charge in [0.15, 0.2) is 0 Å². The van der Waals surface area contributed by atoms with E-state index in [0.29, 0.717) is 11.8 Å². The molecule has 49 heavy (non-hydrogen) atoms. The van der Waals surface area contributed by atoms with E-state index in [4.69, 9.17) is 9.97 Å². The van der Waals surface area contributed by atoms with Gasteiger partial charge >= 0.3 is 0 Å². The van der Waals surface area contributed by atoms with Crippen LogP contribution < -0.4 is 0 Å². The quantitative estimate of drug-likeness (QED) is 0.177. The van der Waals surface area contributed by atoms with Crippen molar-refractivity contribution in [3.8, 4) is 28.1 Å². The molecule has 0 saturated heterocycles. The third-order valence-corrected chi connectivity index (χ3v) is 10.6. The molecule has 0 spiro atoms. The van der Waals surface area contributed by atoms with Crippen molar-refractivity contribution in [2.45, 2.75) is 46.5 Å². The average Bonchev–Trinajstić information content (AvgIpc) is 3.48. The van der Waals surface area contributed by atoms with Crippen molar-refractivity contribution in [2.24, 2.45) is 5.92 Å². The first-order chi connectivity index (χ1) is 23.9. The summed E-state index contributed by atoms with van der Waals surface area (Å²) in [6.07, 6.45) is 6.49. The first-order valence-corrected chi connectivity index (χ1v) is 17.6. The van der Waals surface area contributed by atoms with Gasteiger partial charge in [-0.2, -0.15) is 0 Å². The van der Waals surface area contributed by atoms with E-state index in [9.17, 15) is 0 Å². The molecule has 238 valence electrons. The Kier molecular flexibility index (Phi) is 6.98. The van der Waals surface area contributed by atoms with Crippen molar-refractivity contribution in [3.63, 3.8) is 0 Å². The molecular formula is C46H39N3. The van der Waals surface area contributed by atoms with Gasteiger partial charge in [0.05, 0.1) is 34.0 Å². The number of allylic oxidation sites excluding steroid dienone is 1. The topological polar surface area (TPSA) is 30.7 Å². The van der Waals surface area contributed by atoms with Crippen molar-refractivity contribution in [1.29, 1.82) is 0 Å². The van der Waals surface area contributed by atoms with Gasteiger partial charge in [-0.3, -0.25) is 4.98 Å². The van der Waals surface area contributed by atoms with Crippen LogP contribution in [0.15, 0.2) is 127 Å². The third kappa shape index (κ3) is 4.87. The molecule has 0 unspecified atom stereocenters. The van der Waals surface area contributed by atoms with E-state index in [0.717, 1.165) is 35.1 Å². The Balaban J connectivity index is 1.18. The maximum absolute atomic E-state index is 5.40. The van der Waals surface area contributed by atoms with Gasteiger partial charge in [-0.1, -0.05) is 118 Å². The molecule has 0 N–H and O–H groups in total. The molecule has 2 heterocycles. The van der Waals surface area contributed by atoms with E-state index in [2.05, 4.69) is 154 Å². The van der Waals surface area contributed by atoms with E-state index in [-0.39, 0.29) is 0 Å². The van der Waals surface area contributed by atoms with Crippen LogP contribution in [0.5, 0.6) is 0 Å². The van der Waals surface area contributed by atoms with Crippen LogP contribution in [-0.2, 0) is 6.42 Å². The second-order valence-electron chi connectivity index (χ2n) is 14.2. The molecule has 9 rings (SSSR count). The van der Waals surface area contributed by atoms with Crippen LogP contribution in [0.3, 0.4) is 0 Å². The van der Waals surface area contributed by atoms with Crippen LogP contribution in [0.1, 0.15) is 56.7 Å². The average molecular weight is 634 g/mol. The van der Waals surface area contributed by atoms with E-state index in [1.54, 1.807) is 0 Å². The molecule has 0 aliphatic heterocycles. The molecule has 8 aromatic rings. The summed E-state index contributed by atoms with van der Waals surface area (Å²) in [5.41, 5.74) is 15.5. The highest BCUT2D eigenvalue weighted by atomic mass is 15.0. The van der Waals surface area contributed by atoms with Gasteiger partial charge in [-0.05, 0) is 94.3 Å². The second-order valence-corrected chi connectivity index (χ2v) is 14.2. The normalized spacial score (nSPS) is 13.2. The number of benzene rings is 6. The first-order valence-electron chi connectivity index (χ1n) is 17.6. The van der Waals surface area contributed by atoms with Crippen LogP contribution in [0.25, 0.3) is 77.8 Å². The fourth-order valence-electron chi connectivity index (χ4n) is 7.84. The van der Waals surface area contributed by atoms with Gasteiger partial charge < -0.3 is 4.57 Å². The van der Waals surface area contributed by atoms with Crippen LogP contribution in [-0.4, -0.2) is 14.5 Å². The lowest BCUT2D eigenvalue weighted by Gasteiger charge is -2.23. The van der Waals surface area contributed by atoms with Crippen molar-refractivity contribution in [1.82, 2.24) is 14.5 Å². The Labute approximate surface area is 287 Å². The molecule has 3 heteroatoms. The molecule has 0 bridgehead atoms. The zero-order valence-corrected chi connectivity index (χ0v) is 28.5. The summed E-state index contributed by atoms with van der Waals surface area (Å²) in [6, 6.07) is 41.9. The Morgan fingerprint density at radius 3 is 2.18 bits per heavy atom. The molecule has 0 saturated carbocycles. The number of hydrogen-bond donors (Lipinski definition) is 0. The molecule has 0 amide bonds. The van der Waals surface area contributed by atoms with Crippen molar-refractivity contribution in [2.75, 3.05) is 0 Å². The summed E-state index contributed by atoms with van der Waals surface area (Å²) in [5, 5.41) is 5.00. The maximum atomic E-state index is 5.40. The minimum atomic E-state index is 0.469.